The predicted octanol–water partition coefficient (Wildman–Crippen LogP) is 1.74. The molecule has 102 valence electrons. The fourth-order valence-corrected chi connectivity index (χ4v) is 2.34. The molecule has 1 aliphatic rings. The Morgan fingerprint density at radius 2 is 2.32 bits per heavy atom. The van der Waals surface area contributed by atoms with E-state index in [9.17, 15) is 20.0 Å². The van der Waals surface area contributed by atoms with Gasteiger partial charge in [-0.25, -0.2) is 9.78 Å². The van der Waals surface area contributed by atoms with Gasteiger partial charge in [0.1, 0.15) is 18.1 Å². The molecule has 1 fully saturated rings. The second-order valence-electron chi connectivity index (χ2n) is 4.63. The van der Waals surface area contributed by atoms with Crippen LogP contribution in [0.5, 0.6) is 0 Å². The molecule has 1 aromatic heterocycles. The van der Waals surface area contributed by atoms with Crippen molar-refractivity contribution < 1.29 is 14.8 Å². The van der Waals surface area contributed by atoms with Gasteiger partial charge in [0, 0.05) is 12.1 Å². The van der Waals surface area contributed by atoms with E-state index in [4.69, 9.17) is 0 Å². The number of nitro groups is 1. The molecule has 0 radical (unpaired) electrons. The van der Waals surface area contributed by atoms with Gasteiger partial charge in [-0.3, -0.25) is 10.1 Å². The molecule has 19 heavy (non-hydrogen) atoms. The van der Waals surface area contributed by atoms with Crippen molar-refractivity contribution in [2.45, 2.75) is 32.2 Å². The smallest absolute Gasteiger partial charge is 0.326 e. The van der Waals surface area contributed by atoms with E-state index >= 15 is 0 Å². The van der Waals surface area contributed by atoms with Gasteiger partial charge in [0.25, 0.3) is 5.69 Å². The highest BCUT2D eigenvalue weighted by Crippen LogP contribution is 2.26. The Kier molecular flexibility index (Phi) is 3.64. The number of carboxylic acid groups (broad SMARTS) is 1. The SMILES string of the molecule is Cc1cc(N2CCCCC2C(=O)O)ncc1[N+](=O)[O-]. The molecule has 1 aromatic rings. The van der Waals surface area contributed by atoms with Gasteiger partial charge in [0.2, 0.25) is 0 Å². The van der Waals surface area contributed by atoms with Crippen molar-refractivity contribution in [2.75, 3.05) is 11.4 Å². The van der Waals surface area contributed by atoms with Crippen molar-refractivity contribution in [3.8, 4) is 0 Å². The van der Waals surface area contributed by atoms with Crippen LogP contribution in [0.1, 0.15) is 24.8 Å². The van der Waals surface area contributed by atoms with Crippen molar-refractivity contribution in [1.29, 1.82) is 0 Å². The van der Waals surface area contributed by atoms with Crippen LogP contribution >= 0.6 is 0 Å². The molecule has 1 atom stereocenters. The molecular weight excluding hydrogens is 250 g/mol. The van der Waals surface area contributed by atoms with Crippen molar-refractivity contribution >= 4 is 17.5 Å². The summed E-state index contributed by atoms with van der Waals surface area (Å²) in [5, 5.41) is 19.9. The quantitative estimate of drug-likeness (QED) is 0.660. The van der Waals surface area contributed by atoms with Crippen LogP contribution in [0.15, 0.2) is 12.3 Å². The number of aryl methyl sites for hydroxylation is 1. The van der Waals surface area contributed by atoms with E-state index in [1.165, 1.54) is 6.20 Å². The van der Waals surface area contributed by atoms with Gasteiger partial charge in [-0.2, -0.15) is 0 Å². The number of piperidine rings is 1. The summed E-state index contributed by atoms with van der Waals surface area (Å²) >= 11 is 0. The van der Waals surface area contributed by atoms with E-state index in [-0.39, 0.29) is 5.69 Å². The molecule has 0 saturated carbocycles. The van der Waals surface area contributed by atoms with Crippen LogP contribution < -0.4 is 4.90 Å². The fourth-order valence-electron chi connectivity index (χ4n) is 2.34. The van der Waals surface area contributed by atoms with Crippen molar-refractivity contribution in [2.24, 2.45) is 0 Å². The molecule has 0 aliphatic carbocycles. The molecule has 0 amide bonds. The van der Waals surface area contributed by atoms with E-state index in [0.717, 1.165) is 12.8 Å². The number of anilines is 1. The zero-order valence-electron chi connectivity index (χ0n) is 10.6. The standard InChI is InChI=1S/C12H15N3O4/c1-8-6-11(13-7-10(8)15(18)19)14-5-3-2-4-9(14)12(16)17/h6-7,9H,2-5H2,1H3,(H,16,17). The van der Waals surface area contributed by atoms with Crippen LogP contribution in [0, 0.1) is 17.0 Å². The van der Waals surface area contributed by atoms with Gasteiger partial charge in [-0.1, -0.05) is 0 Å². The summed E-state index contributed by atoms with van der Waals surface area (Å²) in [7, 11) is 0. The Bertz CT molecular complexity index is 518. The minimum atomic E-state index is -0.877. The predicted molar refractivity (Wildman–Crippen MR) is 68.2 cm³/mol. The minimum Gasteiger partial charge on any atom is -0.480 e. The first-order valence-corrected chi connectivity index (χ1v) is 6.11. The summed E-state index contributed by atoms with van der Waals surface area (Å²) < 4.78 is 0. The number of pyridine rings is 1. The second-order valence-corrected chi connectivity index (χ2v) is 4.63. The third-order valence-electron chi connectivity index (χ3n) is 3.35. The molecule has 2 heterocycles. The highest BCUT2D eigenvalue weighted by atomic mass is 16.6. The average molecular weight is 265 g/mol. The number of aromatic nitrogens is 1. The van der Waals surface area contributed by atoms with Crippen molar-refractivity contribution in [1.82, 2.24) is 4.98 Å². The lowest BCUT2D eigenvalue weighted by molar-refractivity contribution is -0.385. The minimum absolute atomic E-state index is 0.0485. The first kappa shape index (κ1) is 13.3. The van der Waals surface area contributed by atoms with Crippen LogP contribution in [0.2, 0.25) is 0 Å². The van der Waals surface area contributed by atoms with Crippen LogP contribution in [0.3, 0.4) is 0 Å². The first-order valence-electron chi connectivity index (χ1n) is 6.11. The monoisotopic (exact) mass is 265 g/mol. The molecule has 2 rings (SSSR count). The topological polar surface area (TPSA) is 96.6 Å². The molecule has 0 aromatic carbocycles. The van der Waals surface area contributed by atoms with Crippen LogP contribution in [0.25, 0.3) is 0 Å². The van der Waals surface area contributed by atoms with Gasteiger partial charge in [0.15, 0.2) is 0 Å². The summed E-state index contributed by atoms with van der Waals surface area (Å²) in [4.78, 5) is 27.2. The maximum Gasteiger partial charge on any atom is 0.326 e. The van der Waals surface area contributed by atoms with Crippen LogP contribution in [0.4, 0.5) is 11.5 Å². The van der Waals surface area contributed by atoms with Gasteiger partial charge in [-0.05, 0) is 32.3 Å². The molecule has 0 spiro atoms. The van der Waals surface area contributed by atoms with Gasteiger partial charge in [0.05, 0.1) is 4.92 Å². The van der Waals surface area contributed by atoms with Crippen molar-refractivity contribution in [3.05, 3.63) is 27.9 Å². The maximum atomic E-state index is 11.2. The zero-order chi connectivity index (χ0) is 14.0. The highest BCUT2D eigenvalue weighted by Gasteiger charge is 2.30. The zero-order valence-corrected chi connectivity index (χ0v) is 10.6. The normalized spacial score (nSPS) is 19.2. The van der Waals surface area contributed by atoms with Gasteiger partial charge < -0.3 is 10.0 Å². The number of carboxylic acids is 1. The lowest BCUT2D eigenvalue weighted by atomic mass is 10.0. The van der Waals surface area contributed by atoms with E-state index in [1.54, 1.807) is 17.9 Å². The van der Waals surface area contributed by atoms with Crippen LogP contribution in [-0.2, 0) is 4.79 Å². The number of rotatable bonds is 3. The average Bonchev–Trinajstić information content (AvgIpc) is 2.38. The molecule has 0 bridgehead atoms. The molecule has 7 nitrogen and oxygen atoms in total. The molecule has 1 aliphatic heterocycles. The molecule has 7 heteroatoms. The maximum absolute atomic E-state index is 11.2. The number of aliphatic carboxylic acids is 1. The van der Waals surface area contributed by atoms with E-state index in [2.05, 4.69) is 4.98 Å². The molecule has 1 saturated heterocycles. The Labute approximate surface area is 110 Å². The Morgan fingerprint density at radius 1 is 1.58 bits per heavy atom. The Morgan fingerprint density at radius 3 is 2.89 bits per heavy atom. The summed E-state index contributed by atoms with van der Waals surface area (Å²) in [5.41, 5.74) is 0.442. The summed E-state index contributed by atoms with van der Waals surface area (Å²) in [6.45, 7) is 2.24. The largest absolute Gasteiger partial charge is 0.480 e. The van der Waals surface area contributed by atoms with E-state index in [1.807, 2.05) is 0 Å². The second kappa shape index (κ2) is 5.21. The lowest BCUT2D eigenvalue weighted by Gasteiger charge is -2.33. The highest BCUT2D eigenvalue weighted by molar-refractivity contribution is 5.78. The molecule has 1 unspecified atom stereocenters. The van der Waals surface area contributed by atoms with E-state index < -0.39 is 16.9 Å². The first-order chi connectivity index (χ1) is 9.00. The third kappa shape index (κ3) is 2.64. The lowest BCUT2D eigenvalue weighted by Crippen LogP contribution is -2.45. The van der Waals surface area contributed by atoms with Gasteiger partial charge in [-0.15, -0.1) is 0 Å². The van der Waals surface area contributed by atoms with Gasteiger partial charge >= 0.3 is 5.97 Å². The Balaban J connectivity index is 2.32. The summed E-state index contributed by atoms with van der Waals surface area (Å²) in [6.07, 6.45) is 3.55. The van der Waals surface area contributed by atoms with Crippen molar-refractivity contribution in [3.63, 3.8) is 0 Å². The summed E-state index contributed by atoms with van der Waals surface area (Å²) in [6, 6.07) is 0.987. The molecule has 1 N–H and O–H groups in total. The number of carbonyl (C=O) groups is 1. The number of hydrogen-bond acceptors (Lipinski definition) is 5. The Hall–Kier alpha value is -2.18. The summed E-state index contributed by atoms with van der Waals surface area (Å²) in [5.74, 6) is -0.382. The number of hydrogen-bond donors (Lipinski definition) is 1. The van der Waals surface area contributed by atoms with Crippen LogP contribution in [-0.4, -0.2) is 33.6 Å². The fraction of sp³-hybridized carbons (Fsp3) is 0.500. The third-order valence-corrected chi connectivity index (χ3v) is 3.35. The molecular formula is C12H15N3O4. The number of nitrogens with zero attached hydrogens (tertiary/aromatic N) is 3. The van der Waals surface area contributed by atoms with E-state index in [0.29, 0.717) is 24.3 Å².